The summed E-state index contributed by atoms with van der Waals surface area (Å²) in [7, 11) is 1.59. The molecule has 0 aliphatic carbocycles. The molecule has 3 rings (SSSR count). The van der Waals surface area contributed by atoms with Crippen molar-refractivity contribution >= 4 is 5.91 Å². The zero-order valence-electron chi connectivity index (χ0n) is 15.2. The van der Waals surface area contributed by atoms with Gasteiger partial charge in [0.15, 0.2) is 11.5 Å². The lowest BCUT2D eigenvalue weighted by Crippen LogP contribution is -2.30. The van der Waals surface area contributed by atoms with Crippen molar-refractivity contribution in [1.29, 1.82) is 0 Å². The average molecular weight is 362 g/mol. The summed E-state index contributed by atoms with van der Waals surface area (Å²) in [6, 6.07) is 22.5. The number of methoxy groups -OCH3 is 1. The second-order valence-corrected chi connectivity index (χ2v) is 5.92. The summed E-state index contributed by atoms with van der Waals surface area (Å²) in [5.41, 5.74) is 1.78. The largest absolute Gasteiger partial charge is 0.493 e. The van der Waals surface area contributed by atoms with E-state index in [1.165, 1.54) is 0 Å². The number of amides is 1. The van der Waals surface area contributed by atoms with Crippen LogP contribution in [0.3, 0.4) is 0 Å². The Bertz CT molecular complexity index is 814. The molecule has 1 heterocycles. The highest BCUT2D eigenvalue weighted by Gasteiger charge is 2.17. The number of hydrogen-bond donors (Lipinski definition) is 1. The standard InChI is InChI=1S/C22H22N2O3/c1-26-19-12-5-6-13-20(19)27-16-14-21(25)24-22(17-9-3-2-4-10-17)18-11-7-8-15-23-18/h2-13,15,22H,14,16H2,1H3,(H,24,25). The second-order valence-electron chi connectivity index (χ2n) is 5.92. The van der Waals surface area contributed by atoms with E-state index in [-0.39, 0.29) is 25.0 Å². The first kappa shape index (κ1) is 18.5. The number of benzene rings is 2. The minimum absolute atomic E-state index is 0.107. The van der Waals surface area contributed by atoms with Gasteiger partial charge in [-0.15, -0.1) is 0 Å². The van der Waals surface area contributed by atoms with Crippen molar-refractivity contribution in [2.24, 2.45) is 0 Å². The molecule has 0 aliphatic heterocycles. The second kappa shape index (κ2) is 9.38. The Balaban J connectivity index is 1.63. The van der Waals surface area contributed by atoms with Crippen LogP contribution in [0.2, 0.25) is 0 Å². The number of pyridine rings is 1. The molecule has 1 amide bonds. The zero-order chi connectivity index (χ0) is 18.9. The maximum atomic E-state index is 12.5. The first-order chi connectivity index (χ1) is 13.3. The Morgan fingerprint density at radius 2 is 1.67 bits per heavy atom. The number of carbonyl (C=O) groups is 1. The van der Waals surface area contributed by atoms with Gasteiger partial charge in [0.1, 0.15) is 0 Å². The van der Waals surface area contributed by atoms with Gasteiger partial charge in [0.05, 0.1) is 31.9 Å². The van der Waals surface area contributed by atoms with Crippen molar-refractivity contribution in [2.75, 3.05) is 13.7 Å². The predicted molar refractivity (Wildman–Crippen MR) is 104 cm³/mol. The molecule has 0 radical (unpaired) electrons. The Labute approximate surface area is 159 Å². The van der Waals surface area contributed by atoms with Gasteiger partial charge in [0, 0.05) is 6.20 Å². The zero-order valence-corrected chi connectivity index (χ0v) is 15.2. The van der Waals surface area contributed by atoms with E-state index in [4.69, 9.17) is 9.47 Å². The number of carbonyl (C=O) groups excluding carboxylic acids is 1. The minimum Gasteiger partial charge on any atom is -0.493 e. The molecule has 0 bridgehead atoms. The molecule has 1 unspecified atom stereocenters. The van der Waals surface area contributed by atoms with Crippen LogP contribution in [-0.2, 0) is 4.79 Å². The fourth-order valence-corrected chi connectivity index (χ4v) is 2.75. The molecule has 5 nitrogen and oxygen atoms in total. The van der Waals surface area contributed by atoms with Gasteiger partial charge in [0.2, 0.25) is 5.91 Å². The fraction of sp³-hybridized carbons (Fsp3) is 0.182. The van der Waals surface area contributed by atoms with Gasteiger partial charge in [-0.05, 0) is 29.8 Å². The number of para-hydroxylation sites is 2. The molecule has 0 aliphatic rings. The SMILES string of the molecule is COc1ccccc1OCCC(=O)NC(c1ccccc1)c1ccccn1. The van der Waals surface area contributed by atoms with Crippen molar-refractivity contribution in [3.05, 3.63) is 90.3 Å². The summed E-state index contributed by atoms with van der Waals surface area (Å²) < 4.78 is 10.9. The maximum Gasteiger partial charge on any atom is 0.224 e. The van der Waals surface area contributed by atoms with Crippen molar-refractivity contribution in [3.8, 4) is 11.5 Å². The van der Waals surface area contributed by atoms with Crippen molar-refractivity contribution in [3.63, 3.8) is 0 Å². The van der Waals surface area contributed by atoms with E-state index >= 15 is 0 Å². The first-order valence-electron chi connectivity index (χ1n) is 8.79. The Morgan fingerprint density at radius 3 is 2.37 bits per heavy atom. The summed E-state index contributed by atoms with van der Waals surface area (Å²) in [5, 5.41) is 3.05. The van der Waals surface area contributed by atoms with Crippen LogP contribution in [0.15, 0.2) is 79.0 Å². The molecule has 0 saturated heterocycles. The third-order valence-electron chi connectivity index (χ3n) is 4.08. The molecule has 5 heteroatoms. The lowest BCUT2D eigenvalue weighted by molar-refractivity contribution is -0.122. The third kappa shape index (κ3) is 5.07. The van der Waals surface area contributed by atoms with E-state index in [0.29, 0.717) is 11.5 Å². The van der Waals surface area contributed by atoms with Crippen LogP contribution in [0, 0.1) is 0 Å². The number of rotatable bonds is 8. The van der Waals surface area contributed by atoms with Gasteiger partial charge in [-0.1, -0.05) is 48.5 Å². The minimum atomic E-state index is -0.300. The molecule has 1 atom stereocenters. The van der Waals surface area contributed by atoms with E-state index in [1.54, 1.807) is 13.3 Å². The van der Waals surface area contributed by atoms with Crippen LogP contribution in [0.4, 0.5) is 0 Å². The third-order valence-corrected chi connectivity index (χ3v) is 4.08. The van der Waals surface area contributed by atoms with Crippen molar-refractivity contribution in [1.82, 2.24) is 10.3 Å². The predicted octanol–water partition coefficient (Wildman–Crippen LogP) is 3.76. The van der Waals surface area contributed by atoms with Crippen molar-refractivity contribution < 1.29 is 14.3 Å². The van der Waals surface area contributed by atoms with Crippen LogP contribution in [0.5, 0.6) is 11.5 Å². The van der Waals surface area contributed by atoms with E-state index in [9.17, 15) is 4.79 Å². The maximum absolute atomic E-state index is 12.5. The molecule has 27 heavy (non-hydrogen) atoms. The molecule has 1 N–H and O–H groups in total. The Morgan fingerprint density at radius 1 is 0.963 bits per heavy atom. The highest BCUT2D eigenvalue weighted by atomic mass is 16.5. The summed E-state index contributed by atoms with van der Waals surface area (Å²) in [4.78, 5) is 16.9. The van der Waals surface area contributed by atoms with Gasteiger partial charge in [0.25, 0.3) is 0 Å². The summed E-state index contributed by atoms with van der Waals surface area (Å²) >= 11 is 0. The van der Waals surface area contributed by atoms with Crippen molar-refractivity contribution in [2.45, 2.75) is 12.5 Å². The lowest BCUT2D eigenvalue weighted by Gasteiger charge is -2.19. The number of nitrogens with zero attached hydrogens (tertiary/aromatic N) is 1. The summed E-state index contributed by atoms with van der Waals surface area (Å²) in [6.45, 7) is 0.260. The molecule has 0 spiro atoms. The van der Waals surface area contributed by atoms with E-state index in [0.717, 1.165) is 11.3 Å². The number of nitrogens with one attached hydrogen (secondary N) is 1. The highest BCUT2D eigenvalue weighted by molar-refractivity contribution is 5.77. The number of hydrogen-bond acceptors (Lipinski definition) is 4. The van der Waals surface area contributed by atoms with E-state index in [1.807, 2.05) is 72.8 Å². The van der Waals surface area contributed by atoms with Crippen LogP contribution in [0.1, 0.15) is 23.7 Å². The van der Waals surface area contributed by atoms with Gasteiger partial charge in [-0.3, -0.25) is 9.78 Å². The molecule has 0 saturated carbocycles. The number of aromatic nitrogens is 1. The molecular weight excluding hydrogens is 340 g/mol. The van der Waals surface area contributed by atoms with Gasteiger partial charge in [-0.25, -0.2) is 0 Å². The monoisotopic (exact) mass is 362 g/mol. The van der Waals surface area contributed by atoms with E-state index < -0.39 is 0 Å². The van der Waals surface area contributed by atoms with Gasteiger partial charge >= 0.3 is 0 Å². The molecule has 138 valence electrons. The molecule has 1 aromatic heterocycles. The lowest BCUT2D eigenvalue weighted by atomic mass is 10.0. The van der Waals surface area contributed by atoms with Gasteiger partial charge in [-0.2, -0.15) is 0 Å². The quantitative estimate of drug-likeness (QED) is 0.663. The topological polar surface area (TPSA) is 60.5 Å². The Hall–Kier alpha value is -3.34. The van der Waals surface area contributed by atoms with Crippen LogP contribution >= 0.6 is 0 Å². The average Bonchev–Trinajstić information content (AvgIpc) is 2.73. The fourth-order valence-electron chi connectivity index (χ4n) is 2.75. The highest BCUT2D eigenvalue weighted by Crippen LogP contribution is 2.26. The normalized spacial score (nSPS) is 11.4. The smallest absolute Gasteiger partial charge is 0.224 e. The van der Waals surface area contributed by atoms with Gasteiger partial charge < -0.3 is 14.8 Å². The first-order valence-corrected chi connectivity index (χ1v) is 8.79. The van der Waals surface area contributed by atoms with Crippen LogP contribution < -0.4 is 14.8 Å². The molecular formula is C22H22N2O3. The molecule has 0 fully saturated rings. The van der Waals surface area contributed by atoms with Crippen LogP contribution in [0.25, 0.3) is 0 Å². The summed E-state index contributed by atoms with van der Waals surface area (Å²) in [5.74, 6) is 1.16. The molecule has 2 aromatic carbocycles. The number of ether oxygens (including phenoxy) is 2. The summed E-state index contributed by atoms with van der Waals surface area (Å²) in [6.07, 6.45) is 1.95. The Kier molecular flexibility index (Phi) is 6.41. The van der Waals surface area contributed by atoms with Crippen LogP contribution in [-0.4, -0.2) is 24.6 Å². The van der Waals surface area contributed by atoms with E-state index in [2.05, 4.69) is 10.3 Å². The molecule has 3 aromatic rings.